The van der Waals surface area contributed by atoms with Crippen LogP contribution in [0.2, 0.25) is 0 Å². The van der Waals surface area contributed by atoms with Crippen molar-refractivity contribution in [2.75, 3.05) is 29.9 Å². The maximum atomic E-state index is 9.60. The quantitative estimate of drug-likeness (QED) is 0.607. The van der Waals surface area contributed by atoms with Gasteiger partial charge in [0.25, 0.3) is 0 Å². The van der Waals surface area contributed by atoms with E-state index in [1.165, 1.54) is 63.6 Å². The number of anilines is 3. The van der Waals surface area contributed by atoms with E-state index in [9.17, 15) is 5.26 Å². The van der Waals surface area contributed by atoms with Crippen LogP contribution in [0.1, 0.15) is 82.4 Å². The number of nitriles is 1. The summed E-state index contributed by atoms with van der Waals surface area (Å²) in [5.41, 5.74) is 2.72. The van der Waals surface area contributed by atoms with Crippen LogP contribution >= 0.6 is 0 Å². The fraction of sp³-hybridized carbons (Fsp3) is 0.607. The van der Waals surface area contributed by atoms with Crippen molar-refractivity contribution >= 4 is 17.3 Å². The van der Waals surface area contributed by atoms with E-state index in [1.54, 1.807) is 6.20 Å². The third-order valence-corrected chi connectivity index (χ3v) is 8.55. The van der Waals surface area contributed by atoms with Crippen LogP contribution in [-0.2, 0) is 0 Å². The van der Waals surface area contributed by atoms with E-state index in [0.717, 1.165) is 30.5 Å². The predicted octanol–water partition coefficient (Wildman–Crippen LogP) is 5.84. The maximum absolute atomic E-state index is 9.60. The van der Waals surface area contributed by atoms with E-state index in [2.05, 4.69) is 64.3 Å². The summed E-state index contributed by atoms with van der Waals surface area (Å²) >= 11 is 0. The Labute approximate surface area is 204 Å². The van der Waals surface area contributed by atoms with Gasteiger partial charge in [-0.15, -0.1) is 0 Å². The van der Waals surface area contributed by atoms with Crippen LogP contribution < -0.4 is 10.2 Å². The van der Waals surface area contributed by atoms with Gasteiger partial charge in [0.05, 0.1) is 6.20 Å². The summed E-state index contributed by atoms with van der Waals surface area (Å²) in [4.78, 5) is 14.3. The molecule has 6 heteroatoms. The summed E-state index contributed by atoms with van der Waals surface area (Å²) in [6.07, 6.45) is 12.3. The molecule has 1 aromatic carbocycles. The second kappa shape index (κ2) is 10.3. The number of piperidine rings is 2. The van der Waals surface area contributed by atoms with Gasteiger partial charge in [0.1, 0.15) is 11.9 Å². The topological polar surface area (TPSA) is 68.1 Å². The van der Waals surface area contributed by atoms with Crippen molar-refractivity contribution in [1.82, 2.24) is 14.9 Å². The molecule has 180 valence electrons. The Hall–Kier alpha value is -2.65. The van der Waals surface area contributed by atoms with E-state index in [1.807, 2.05) is 0 Å². The number of hydrogen-bond acceptors (Lipinski definition) is 6. The number of rotatable bonds is 5. The molecule has 0 amide bonds. The number of aromatic nitrogens is 2. The number of hydrogen-bond donors (Lipinski definition) is 1. The molecular weight excluding hydrogens is 420 g/mol. The fourth-order valence-corrected chi connectivity index (χ4v) is 6.19. The van der Waals surface area contributed by atoms with E-state index >= 15 is 0 Å². The third kappa shape index (κ3) is 4.90. The van der Waals surface area contributed by atoms with Crippen molar-refractivity contribution in [3.8, 4) is 6.07 Å². The largest absolute Gasteiger partial charge is 0.352 e. The smallest absolute Gasteiger partial charge is 0.183 e. The Bertz CT molecular complexity index is 999. The molecule has 1 aromatic heterocycles. The zero-order chi connectivity index (χ0) is 23.5. The van der Waals surface area contributed by atoms with Crippen molar-refractivity contribution < 1.29 is 0 Å². The lowest BCUT2D eigenvalue weighted by Gasteiger charge is -2.38. The monoisotopic (exact) mass is 458 g/mol. The molecule has 0 spiro atoms. The number of benzene rings is 1. The highest BCUT2D eigenvalue weighted by Gasteiger charge is 2.28. The Morgan fingerprint density at radius 1 is 0.941 bits per heavy atom. The first-order valence-corrected chi connectivity index (χ1v) is 13.3. The van der Waals surface area contributed by atoms with Crippen LogP contribution in [0.25, 0.3) is 0 Å². The van der Waals surface area contributed by atoms with E-state index in [0.29, 0.717) is 29.4 Å². The van der Waals surface area contributed by atoms with Crippen molar-refractivity contribution in [2.24, 2.45) is 5.92 Å². The summed E-state index contributed by atoms with van der Waals surface area (Å²) in [6, 6.07) is 12.2. The summed E-state index contributed by atoms with van der Waals surface area (Å²) in [5.74, 6) is 2.67. The normalized spacial score (nSPS) is 24.8. The molecule has 3 aliphatic rings. The van der Waals surface area contributed by atoms with Crippen molar-refractivity contribution in [2.45, 2.75) is 83.2 Å². The Morgan fingerprint density at radius 2 is 1.68 bits per heavy atom. The molecule has 34 heavy (non-hydrogen) atoms. The molecule has 2 saturated heterocycles. The van der Waals surface area contributed by atoms with Gasteiger partial charge in [-0.3, -0.25) is 0 Å². The molecule has 1 saturated carbocycles. The van der Waals surface area contributed by atoms with Gasteiger partial charge in [0.2, 0.25) is 0 Å². The van der Waals surface area contributed by atoms with Crippen LogP contribution in [0.15, 0.2) is 30.5 Å². The highest BCUT2D eigenvalue weighted by atomic mass is 15.2. The summed E-state index contributed by atoms with van der Waals surface area (Å²) in [7, 11) is 0. The number of likely N-dealkylation sites (tertiary alicyclic amines) is 1. The van der Waals surface area contributed by atoms with E-state index in [4.69, 9.17) is 4.98 Å². The van der Waals surface area contributed by atoms with Crippen LogP contribution in [0.5, 0.6) is 0 Å². The molecule has 3 fully saturated rings. The molecule has 1 aliphatic carbocycles. The Morgan fingerprint density at radius 3 is 2.38 bits per heavy atom. The van der Waals surface area contributed by atoms with Gasteiger partial charge in [0, 0.05) is 24.3 Å². The van der Waals surface area contributed by atoms with Gasteiger partial charge in [-0.2, -0.15) is 5.26 Å². The molecule has 1 N–H and O–H groups in total. The lowest BCUT2D eigenvalue weighted by atomic mass is 9.88. The average molecular weight is 459 g/mol. The van der Waals surface area contributed by atoms with Gasteiger partial charge >= 0.3 is 0 Å². The minimum Gasteiger partial charge on any atom is -0.352 e. The molecule has 0 radical (unpaired) electrons. The second-order valence-electron chi connectivity index (χ2n) is 10.6. The molecular formula is C28H38N6. The second-order valence-corrected chi connectivity index (χ2v) is 10.6. The minimum atomic E-state index is 0.338. The summed E-state index contributed by atoms with van der Waals surface area (Å²) in [6.45, 7) is 8.01. The van der Waals surface area contributed by atoms with Gasteiger partial charge in [0.15, 0.2) is 11.5 Å². The zero-order valence-electron chi connectivity index (χ0n) is 20.7. The molecule has 2 aromatic rings. The predicted molar refractivity (Wildman–Crippen MR) is 137 cm³/mol. The standard InChI is InChI=1S/C28H38N6/c1-20-6-5-15-34(21(20)2)27-19-30-26(18-29)28(32-27)31-24-11-9-22(10-12-24)23-13-16-33(17-14-23)25-7-3-4-8-25/h9-12,19-21,23,25H,3-8,13-17H2,1-2H3,(H,31,32)/t20-,21-/m1/s1. The van der Waals surface area contributed by atoms with E-state index < -0.39 is 0 Å². The maximum Gasteiger partial charge on any atom is 0.183 e. The third-order valence-electron chi connectivity index (χ3n) is 8.55. The first-order chi connectivity index (χ1) is 16.6. The van der Waals surface area contributed by atoms with Crippen LogP contribution in [0, 0.1) is 17.2 Å². The highest BCUT2D eigenvalue weighted by molar-refractivity contribution is 5.63. The summed E-state index contributed by atoms with van der Waals surface area (Å²) in [5, 5.41) is 13.0. The summed E-state index contributed by atoms with van der Waals surface area (Å²) < 4.78 is 0. The Kier molecular flexibility index (Phi) is 7.01. The molecule has 2 aliphatic heterocycles. The minimum absolute atomic E-state index is 0.338. The fourth-order valence-electron chi connectivity index (χ4n) is 6.19. The van der Waals surface area contributed by atoms with Gasteiger partial charge in [-0.25, -0.2) is 9.97 Å². The highest BCUT2D eigenvalue weighted by Crippen LogP contribution is 2.33. The SMILES string of the molecule is C[C@@H]1CCCN(c2cnc(C#N)c(Nc3ccc(C4CCN(C5CCCC5)CC4)cc3)n2)[C@@H]1C. The molecule has 2 atom stereocenters. The van der Waals surface area contributed by atoms with Crippen LogP contribution in [0.4, 0.5) is 17.3 Å². The lowest BCUT2D eigenvalue weighted by Crippen LogP contribution is -2.43. The van der Waals surface area contributed by atoms with Gasteiger partial charge in [-0.1, -0.05) is 31.9 Å². The van der Waals surface area contributed by atoms with Crippen molar-refractivity contribution in [3.05, 3.63) is 41.7 Å². The Balaban J connectivity index is 1.25. The molecule has 0 bridgehead atoms. The van der Waals surface area contributed by atoms with E-state index in [-0.39, 0.29) is 0 Å². The first kappa shape index (κ1) is 23.1. The molecule has 0 unspecified atom stereocenters. The first-order valence-electron chi connectivity index (χ1n) is 13.3. The number of nitrogens with zero attached hydrogens (tertiary/aromatic N) is 5. The zero-order valence-corrected chi connectivity index (χ0v) is 20.7. The lowest BCUT2D eigenvalue weighted by molar-refractivity contribution is 0.154. The molecule has 6 nitrogen and oxygen atoms in total. The van der Waals surface area contributed by atoms with Crippen LogP contribution in [0.3, 0.4) is 0 Å². The van der Waals surface area contributed by atoms with Gasteiger partial charge in [-0.05, 0) is 88.1 Å². The number of nitrogens with one attached hydrogen (secondary N) is 1. The van der Waals surface area contributed by atoms with Gasteiger partial charge < -0.3 is 15.1 Å². The average Bonchev–Trinajstić information content (AvgIpc) is 3.41. The molecule has 5 rings (SSSR count). The van der Waals surface area contributed by atoms with Crippen molar-refractivity contribution in [3.63, 3.8) is 0 Å². The molecule has 3 heterocycles. The van der Waals surface area contributed by atoms with Crippen LogP contribution in [-0.4, -0.2) is 46.6 Å². The van der Waals surface area contributed by atoms with Crippen molar-refractivity contribution in [1.29, 1.82) is 5.26 Å².